The van der Waals surface area contributed by atoms with E-state index >= 15 is 0 Å². The molecule has 1 N–H and O–H groups in total. The molecule has 1 atom stereocenters. The van der Waals surface area contributed by atoms with Crippen molar-refractivity contribution in [1.82, 2.24) is 0 Å². The molecule has 2 aromatic rings. The summed E-state index contributed by atoms with van der Waals surface area (Å²) in [6.07, 6.45) is 2.11. The third-order valence-corrected chi connectivity index (χ3v) is 5.73. The first-order valence-electron chi connectivity index (χ1n) is 7.95. The van der Waals surface area contributed by atoms with Crippen molar-refractivity contribution in [2.24, 2.45) is 0 Å². The van der Waals surface area contributed by atoms with E-state index in [9.17, 15) is 9.59 Å². The van der Waals surface area contributed by atoms with Crippen LogP contribution in [-0.4, -0.2) is 25.1 Å². The lowest BCUT2D eigenvalue weighted by atomic mass is 10.1. The zero-order valence-electron chi connectivity index (χ0n) is 13.9. The van der Waals surface area contributed by atoms with E-state index in [4.69, 9.17) is 9.47 Å². The highest BCUT2D eigenvalue weighted by Crippen LogP contribution is 2.39. The van der Waals surface area contributed by atoms with Crippen molar-refractivity contribution in [3.05, 3.63) is 44.7 Å². The molecule has 1 amide bonds. The van der Waals surface area contributed by atoms with Crippen LogP contribution in [0.4, 0.5) is 5.00 Å². The third-order valence-electron chi connectivity index (χ3n) is 4.03. The number of esters is 1. The topological polar surface area (TPSA) is 64.6 Å². The van der Waals surface area contributed by atoms with Gasteiger partial charge in [0.05, 0.1) is 12.7 Å². The number of aryl methyl sites for hydroxylation is 1. The molecule has 1 heterocycles. The predicted octanol–water partition coefficient (Wildman–Crippen LogP) is 4.19. The molecule has 0 aliphatic heterocycles. The van der Waals surface area contributed by atoms with Gasteiger partial charge in [0, 0.05) is 9.35 Å². The van der Waals surface area contributed by atoms with Gasteiger partial charge in [0.2, 0.25) is 0 Å². The highest BCUT2D eigenvalue weighted by atomic mass is 79.9. The molecule has 1 aliphatic carbocycles. The lowest BCUT2D eigenvalue weighted by Gasteiger charge is -2.15. The summed E-state index contributed by atoms with van der Waals surface area (Å²) in [7, 11) is 1.35. The van der Waals surface area contributed by atoms with Gasteiger partial charge in [-0.3, -0.25) is 4.79 Å². The van der Waals surface area contributed by atoms with Crippen molar-refractivity contribution in [2.45, 2.75) is 32.3 Å². The van der Waals surface area contributed by atoms with Crippen LogP contribution < -0.4 is 10.1 Å². The molecule has 1 aromatic carbocycles. The summed E-state index contributed by atoms with van der Waals surface area (Å²) in [5.74, 6) is -0.112. The molecule has 132 valence electrons. The summed E-state index contributed by atoms with van der Waals surface area (Å²) < 4.78 is 11.4. The highest BCUT2D eigenvalue weighted by molar-refractivity contribution is 9.10. The van der Waals surface area contributed by atoms with Gasteiger partial charge in [-0.2, -0.15) is 0 Å². The van der Waals surface area contributed by atoms with E-state index < -0.39 is 12.1 Å². The minimum atomic E-state index is -0.697. The van der Waals surface area contributed by atoms with Crippen LogP contribution in [0.2, 0.25) is 0 Å². The maximum Gasteiger partial charge on any atom is 0.341 e. The Labute approximate surface area is 158 Å². The van der Waals surface area contributed by atoms with E-state index in [1.165, 1.54) is 18.4 Å². The fourth-order valence-electron chi connectivity index (χ4n) is 2.82. The molecule has 0 fully saturated rings. The Morgan fingerprint density at radius 1 is 1.32 bits per heavy atom. The molecule has 0 spiro atoms. The molecular formula is C18H18BrNO4S. The summed E-state index contributed by atoms with van der Waals surface area (Å²) in [4.78, 5) is 25.8. The van der Waals surface area contributed by atoms with Gasteiger partial charge in [-0.1, -0.05) is 22.0 Å². The first-order chi connectivity index (χ1) is 12.0. The maximum atomic E-state index is 12.5. The third kappa shape index (κ3) is 3.88. The van der Waals surface area contributed by atoms with Gasteiger partial charge in [0.1, 0.15) is 10.8 Å². The predicted molar refractivity (Wildman–Crippen MR) is 101 cm³/mol. The van der Waals surface area contributed by atoms with Crippen LogP contribution >= 0.6 is 27.3 Å². The molecule has 7 heteroatoms. The van der Waals surface area contributed by atoms with Crippen LogP contribution in [-0.2, 0) is 22.4 Å². The summed E-state index contributed by atoms with van der Waals surface area (Å²) in [6.45, 7) is 1.68. The fourth-order valence-corrected chi connectivity index (χ4v) is 4.48. The molecular weight excluding hydrogens is 406 g/mol. The van der Waals surface area contributed by atoms with Crippen molar-refractivity contribution in [3.8, 4) is 5.75 Å². The molecule has 0 unspecified atom stereocenters. The second-order valence-electron chi connectivity index (χ2n) is 5.76. The van der Waals surface area contributed by atoms with Gasteiger partial charge in [0.15, 0.2) is 6.10 Å². The number of rotatable bonds is 5. The Kier molecular flexibility index (Phi) is 5.44. The number of carbonyl (C=O) groups is 2. The molecule has 3 rings (SSSR count). The van der Waals surface area contributed by atoms with E-state index in [-0.39, 0.29) is 5.91 Å². The summed E-state index contributed by atoms with van der Waals surface area (Å²) in [6, 6.07) is 7.30. The zero-order chi connectivity index (χ0) is 18.0. The van der Waals surface area contributed by atoms with E-state index in [0.29, 0.717) is 16.3 Å². The van der Waals surface area contributed by atoms with Crippen molar-refractivity contribution in [2.75, 3.05) is 12.4 Å². The van der Waals surface area contributed by atoms with Crippen molar-refractivity contribution in [3.63, 3.8) is 0 Å². The number of carbonyl (C=O) groups excluding carboxylic acids is 2. The number of fused-ring (bicyclic) bond motifs is 1. The van der Waals surface area contributed by atoms with Crippen LogP contribution in [0.15, 0.2) is 28.7 Å². The minimum Gasteiger partial charge on any atom is -0.481 e. The second-order valence-corrected chi connectivity index (χ2v) is 7.78. The molecule has 25 heavy (non-hydrogen) atoms. The number of hydrogen-bond donors (Lipinski definition) is 1. The number of anilines is 1. The molecule has 0 saturated carbocycles. The van der Waals surface area contributed by atoms with E-state index in [2.05, 4.69) is 21.2 Å². The smallest absolute Gasteiger partial charge is 0.341 e. The maximum absolute atomic E-state index is 12.5. The van der Waals surface area contributed by atoms with Crippen LogP contribution in [0.25, 0.3) is 0 Å². The van der Waals surface area contributed by atoms with Crippen LogP contribution in [0, 0.1) is 0 Å². The number of thiophene rings is 1. The van der Waals surface area contributed by atoms with Gasteiger partial charge in [-0.05, 0) is 49.9 Å². The van der Waals surface area contributed by atoms with Crippen molar-refractivity contribution in [1.29, 1.82) is 0 Å². The average Bonchev–Trinajstić information content (AvgIpc) is 3.14. The zero-order valence-corrected chi connectivity index (χ0v) is 16.3. The summed E-state index contributed by atoms with van der Waals surface area (Å²) in [5, 5.41) is 3.38. The van der Waals surface area contributed by atoms with Gasteiger partial charge < -0.3 is 14.8 Å². The monoisotopic (exact) mass is 423 g/mol. The first-order valence-corrected chi connectivity index (χ1v) is 9.56. The quantitative estimate of drug-likeness (QED) is 0.732. The van der Waals surface area contributed by atoms with Crippen LogP contribution in [0.1, 0.15) is 34.1 Å². The number of hydrogen-bond acceptors (Lipinski definition) is 5. The molecule has 0 bridgehead atoms. The lowest BCUT2D eigenvalue weighted by molar-refractivity contribution is -0.122. The largest absolute Gasteiger partial charge is 0.481 e. The molecule has 5 nitrogen and oxygen atoms in total. The number of methoxy groups -OCH3 is 1. The Bertz CT molecular complexity index is 817. The summed E-state index contributed by atoms with van der Waals surface area (Å²) >= 11 is 4.82. The molecule has 1 aromatic heterocycles. The number of amides is 1. The average molecular weight is 424 g/mol. The van der Waals surface area contributed by atoms with E-state index in [1.54, 1.807) is 19.1 Å². The standard InChI is InChI=1S/C18H18BrNO4S/c1-10(24-12-6-3-5-11(19)9-12)16(21)20-17-15(18(22)23-2)13-7-4-8-14(13)25-17/h3,5-6,9-10H,4,7-8H2,1-2H3,(H,20,21)/t10-/m1/s1. The van der Waals surface area contributed by atoms with Crippen molar-refractivity contribution >= 4 is 44.1 Å². The van der Waals surface area contributed by atoms with Crippen LogP contribution in [0.3, 0.4) is 0 Å². The molecule has 0 saturated heterocycles. The SMILES string of the molecule is COC(=O)c1c(NC(=O)[C@@H](C)Oc2cccc(Br)c2)sc2c1CCC2. The lowest BCUT2D eigenvalue weighted by Crippen LogP contribution is -2.30. The van der Waals surface area contributed by atoms with E-state index in [1.807, 2.05) is 12.1 Å². The number of benzene rings is 1. The van der Waals surface area contributed by atoms with Gasteiger partial charge >= 0.3 is 5.97 Å². The Balaban J connectivity index is 1.75. The number of ether oxygens (including phenoxy) is 2. The van der Waals surface area contributed by atoms with Gasteiger partial charge in [-0.15, -0.1) is 11.3 Å². The summed E-state index contributed by atoms with van der Waals surface area (Å²) in [5.41, 5.74) is 1.50. The molecule has 1 aliphatic rings. The minimum absolute atomic E-state index is 0.301. The fraction of sp³-hybridized carbons (Fsp3) is 0.333. The first kappa shape index (κ1) is 17.9. The van der Waals surface area contributed by atoms with Crippen LogP contribution in [0.5, 0.6) is 5.75 Å². The van der Waals surface area contributed by atoms with Gasteiger partial charge in [0.25, 0.3) is 5.91 Å². The van der Waals surface area contributed by atoms with Crippen molar-refractivity contribution < 1.29 is 19.1 Å². The Morgan fingerprint density at radius 2 is 2.12 bits per heavy atom. The highest BCUT2D eigenvalue weighted by Gasteiger charge is 2.29. The van der Waals surface area contributed by atoms with Gasteiger partial charge in [-0.25, -0.2) is 4.79 Å². The number of halogens is 1. The number of nitrogens with one attached hydrogen (secondary N) is 1. The second kappa shape index (κ2) is 7.58. The molecule has 0 radical (unpaired) electrons. The van der Waals surface area contributed by atoms with E-state index in [0.717, 1.165) is 34.2 Å². The Morgan fingerprint density at radius 3 is 2.84 bits per heavy atom. The normalized spacial score (nSPS) is 13.9. The Hall–Kier alpha value is -1.86.